The second-order valence-electron chi connectivity index (χ2n) is 4.88. The molecule has 4 heteroatoms. The molecule has 0 radical (unpaired) electrons. The second kappa shape index (κ2) is 6.68. The van der Waals surface area contributed by atoms with Gasteiger partial charge in [-0.2, -0.15) is 0 Å². The Morgan fingerprint density at radius 1 is 1.47 bits per heavy atom. The maximum absolute atomic E-state index is 12.6. The maximum atomic E-state index is 12.6. The molecule has 0 unspecified atom stereocenters. The molecule has 1 aliphatic heterocycles. The first kappa shape index (κ1) is 14.0. The Morgan fingerprint density at radius 3 is 2.84 bits per heavy atom. The van der Waals surface area contributed by atoms with E-state index in [4.69, 9.17) is 10.5 Å². The second-order valence-corrected chi connectivity index (χ2v) is 4.88. The smallest absolute Gasteiger partial charge is 0.231 e. The largest absolute Gasteiger partial charge is 0.375 e. The number of benzene rings is 1. The van der Waals surface area contributed by atoms with Gasteiger partial charge in [-0.05, 0) is 12.0 Å². The van der Waals surface area contributed by atoms with Crippen LogP contribution >= 0.6 is 0 Å². The van der Waals surface area contributed by atoms with Crippen LogP contribution in [0.15, 0.2) is 30.3 Å². The van der Waals surface area contributed by atoms with Gasteiger partial charge in [0.2, 0.25) is 5.91 Å². The summed E-state index contributed by atoms with van der Waals surface area (Å²) in [7, 11) is 0. The Hall–Kier alpha value is -1.39. The highest BCUT2D eigenvalue weighted by Gasteiger charge is 2.28. The molecule has 1 saturated heterocycles. The molecule has 0 bridgehead atoms. The summed E-state index contributed by atoms with van der Waals surface area (Å²) in [5.41, 5.74) is 6.80. The molecule has 1 amide bonds. The molecule has 0 spiro atoms. The summed E-state index contributed by atoms with van der Waals surface area (Å²) < 4.78 is 5.60. The van der Waals surface area contributed by atoms with Crippen molar-refractivity contribution >= 4 is 5.91 Å². The monoisotopic (exact) mass is 262 g/mol. The van der Waals surface area contributed by atoms with Gasteiger partial charge in [-0.25, -0.2) is 0 Å². The molecule has 2 rings (SSSR count). The number of rotatable bonds is 4. The highest BCUT2D eigenvalue weighted by atomic mass is 16.5. The molecule has 19 heavy (non-hydrogen) atoms. The van der Waals surface area contributed by atoms with E-state index in [9.17, 15) is 4.79 Å². The summed E-state index contributed by atoms with van der Waals surface area (Å²) in [6, 6.07) is 9.77. The van der Waals surface area contributed by atoms with Crippen molar-refractivity contribution in [3.63, 3.8) is 0 Å². The van der Waals surface area contributed by atoms with Gasteiger partial charge in [-0.15, -0.1) is 0 Å². The van der Waals surface area contributed by atoms with Gasteiger partial charge >= 0.3 is 0 Å². The fourth-order valence-electron chi connectivity index (χ4n) is 2.45. The number of carbonyl (C=O) groups is 1. The molecular weight excluding hydrogens is 240 g/mol. The molecule has 2 atom stereocenters. The van der Waals surface area contributed by atoms with E-state index < -0.39 is 0 Å². The first-order valence-corrected chi connectivity index (χ1v) is 6.91. The molecule has 1 aromatic rings. The van der Waals surface area contributed by atoms with E-state index >= 15 is 0 Å². The van der Waals surface area contributed by atoms with E-state index in [-0.39, 0.29) is 17.9 Å². The topological polar surface area (TPSA) is 55.6 Å². The summed E-state index contributed by atoms with van der Waals surface area (Å²) in [6.45, 7) is 4.39. The lowest BCUT2D eigenvalue weighted by molar-refractivity contribution is -0.140. The highest BCUT2D eigenvalue weighted by Crippen LogP contribution is 2.19. The van der Waals surface area contributed by atoms with Crippen molar-refractivity contribution in [2.24, 2.45) is 5.73 Å². The van der Waals surface area contributed by atoms with E-state index in [1.807, 2.05) is 35.2 Å². The summed E-state index contributed by atoms with van der Waals surface area (Å²) in [6.07, 6.45) is 1.09. The van der Waals surface area contributed by atoms with Gasteiger partial charge in [0.05, 0.1) is 18.6 Å². The number of nitrogens with two attached hydrogens (primary N) is 1. The third-order valence-corrected chi connectivity index (χ3v) is 3.64. The van der Waals surface area contributed by atoms with E-state index in [1.165, 1.54) is 0 Å². The van der Waals surface area contributed by atoms with Crippen molar-refractivity contribution in [1.29, 1.82) is 0 Å². The van der Waals surface area contributed by atoms with Crippen LogP contribution in [0.25, 0.3) is 0 Å². The molecule has 0 aromatic heterocycles. The van der Waals surface area contributed by atoms with Gasteiger partial charge in [0.25, 0.3) is 0 Å². The van der Waals surface area contributed by atoms with Crippen molar-refractivity contribution in [3.05, 3.63) is 35.9 Å². The minimum Gasteiger partial charge on any atom is -0.375 e. The molecule has 1 heterocycles. The van der Waals surface area contributed by atoms with Crippen LogP contribution in [0.3, 0.4) is 0 Å². The van der Waals surface area contributed by atoms with Crippen LogP contribution in [-0.4, -0.2) is 43.2 Å². The van der Waals surface area contributed by atoms with Gasteiger partial charge in [0, 0.05) is 19.6 Å². The van der Waals surface area contributed by atoms with E-state index in [1.54, 1.807) is 0 Å². The fraction of sp³-hybridized carbons (Fsp3) is 0.533. The number of morpholine rings is 1. The van der Waals surface area contributed by atoms with Crippen molar-refractivity contribution < 1.29 is 9.53 Å². The van der Waals surface area contributed by atoms with Gasteiger partial charge in [0.15, 0.2) is 0 Å². The molecule has 0 saturated carbocycles. The standard InChI is InChI=1S/C15H22N2O2/c1-2-13-11-17(8-9-19-13)15(18)14(10-16)12-6-4-3-5-7-12/h3-7,13-14H,2,8-11,16H2,1H3/t13-,14+/m0/s1. The third-order valence-electron chi connectivity index (χ3n) is 3.64. The van der Waals surface area contributed by atoms with Gasteiger partial charge < -0.3 is 15.4 Å². The zero-order valence-corrected chi connectivity index (χ0v) is 11.4. The number of amides is 1. The summed E-state index contributed by atoms with van der Waals surface area (Å²) in [5, 5.41) is 0. The quantitative estimate of drug-likeness (QED) is 0.891. The third kappa shape index (κ3) is 3.33. The minimum absolute atomic E-state index is 0.121. The molecule has 104 valence electrons. The van der Waals surface area contributed by atoms with Crippen LogP contribution in [0.4, 0.5) is 0 Å². The number of hydrogen-bond acceptors (Lipinski definition) is 3. The SMILES string of the molecule is CC[C@H]1CN(C(=O)[C@H](CN)c2ccccc2)CCO1. The van der Waals surface area contributed by atoms with E-state index in [0.29, 0.717) is 26.2 Å². The summed E-state index contributed by atoms with van der Waals surface area (Å²) in [4.78, 5) is 14.5. The van der Waals surface area contributed by atoms with Crippen LogP contribution in [0.1, 0.15) is 24.8 Å². The Balaban J connectivity index is 2.08. The predicted octanol–water partition coefficient (Wildman–Crippen LogP) is 1.37. The minimum atomic E-state index is -0.239. The summed E-state index contributed by atoms with van der Waals surface area (Å²) in [5.74, 6) is -0.118. The van der Waals surface area contributed by atoms with Crippen LogP contribution in [0.2, 0.25) is 0 Å². The Bertz CT molecular complexity index is 408. The van der Waals surface area contributed by atoms with Gasteiger partial charge in [-0.1, -0.05) is 37.3 Å². The Labute approximate surface area is 114 Å². The highest BCUT2D eigenvalue weighted by molar-refractivity contribution is 5.84. The number of hydrogen-bond donors (Lipinski definition) is 1. The first-order valence-electron chi connectivity index (χ1n) is 6.91. The average Bonchev–Trinajstić information content (AvgIpc) is 2.49. The lowest BCUT2D eigenvalue weighted by atomic mass is 9.97. The van der Waals surface area contributed by atoms with Crippen LogP contribution in [0.5, 0.6) is 0 Å². The predicted molar refractivity (Wildman–Crippen MR) is 74.8 cm³/mol. The number of ether oxygens (including phenoxy) is 1. The molecule has 0 aliphatic carbocycles. The van der Waals surface area contributed by atoms with Crippen molar-refractivity contribution in [2.75, 3.05) is 26.2 Å². The van der Waals surface area contributed by atoms with Crippen LogP contribution in [0, 0.1) is 0 Å². The van der Waals surface area contributed by atoms with Gasteiger partial charge in [0.1, 0.15) is 0 Å². The number of carbonyl (C=O) groups excluding carboxylic acids is 1. The Kier molecular flexibility index (Phi) is 4.93. The molecule has 2 N–H and O–H groups in total. The van der Waals surface area contributed by atoms with E-state index in [0.717, 1.165) is 12.0 Å². The maximum Gasteiger partial charge on any atom is 0.231 e. The molecule has 1 fully saturated rings. The zero-order valence-electron chi connectivity index (χ0n) is 11.4. The first-order chi connectivity index (χ1) is 9.26. The van der Waals surface area contributed by atoms with Crippen LogP contribution in [-0.2, 0) is 9.53 Å². The summed E-state index contributed by atoms with van der Waals surface area (Å²) >= 11 is 0. The van der Waals surface area contributed by atoms with Crippen molar-refractivity contribution in [2.45, 2.75) is 25.4 Å². The average molecular weight is 262 g/mol. The number of nitrogens with zero attached hydrogens (tertiary/aromatic N) is 1. The molecule has 1 aliphatic rings. The fourth-order valence-corrected chi connectivity index (χ4v) is 2.45. The lowest BCUT2D eigenvalue weighted by Gasteiger charge is -2.34. The molecule has 1 aromatic carbocycles. The normalized spacial score (nSPS) is 21.2. The Morgan fingerprint density at radius 2 is 2.21 bits per heavy atom. The van der Waals surface area contributed by atoms with E-state index in [2.05, 4.69) is 6.92 Å². The molecule has 4 nitrogen and oxygen atoms in total. The van der Waals surface area contributed by atoms with Crippen molar-refractivity contribution in [1.82, 2.24) is 4.90 Å². The van der Waals surface area contributed by atoms with Crippen molar-refractivity contribution in [3.8, 4) is 0 Å². The lowest BCUT2D eigenvalue weighted by Crippen LogP contribution is -2.48. The molecular formula is C15H22N2O2. The van der Waals surface area contributed by atoms with Gasteiger partial charge in [-0.3, -0.25) is 4.79 Å². The van der Waals surface area contributed by atoms with Crippen LogP contribution < -0.4 is 5.73 Å². The zero-order chi connectivity index (χ0) is 13.7.